The summed E-state index contributed by atoms with van der Waals surface area (Å²) >= 11 is 0. The van der Waals surface area contributed by atoms with Gasteiger partial charge in [0.15, 0.2) is 11.5 Å². The number of allylic oxidation sites excluding steroid dienone is 1. The number of hydrogen-bond donors (Lipinski definition) is 0. The van der Waals surface area contributed by atoms with Gasteiger partial charge < -0.3 is 14.2 Å². The van der Waals surface area contributed by atoms with Crippen molar-refractivity contribution < 1.29 is 19.0 Å². The van der Waals surface area contributed by atoms with Crippen molar-refractivity contribution in [3.63, 3.8) is 0 Å². The van der Waals surface area contributed by atoms with Crippen molar-refractivity contribution in [3.8, 4) is 11.5 Å². The molecule has 1 aliphatic heterocycles. The highest BCUT2D eigenvalue weighted by atomic mass is 16.7. The monoisotopic (exact) mass is 260 g/mol. The van der Waals surface area contributed by atoms with Gasteiger partial charge in [0.25, 0.3) is 0 Å². The molecule has 2 aliphatic rings. The van der Waals surface area contributed by atoms with Crippen molar-refractivity contribution in [1.82, 2.24) is 0 Å². The summed E-state index contributed by atoms with van der Waals surface area (Å²) in [7, 11) is 0. The summed E-state index contributed by atoms with van der Waals surface area (Å²) in [6.07, 6.45) is 5.95. The van der Waals surface area contributed by atoms with Gasteiger partial charge in [0, 0.05) is 12.8 Å². The first-order valence-corrected chi connectivity index (χ1v) is 6.47. The van der Waals surface area contributed by atoms with E-state index in [0.29, 0.717) is 0 Å². The maximum absolute atomic E-state index is 11.2. The number of carbonyl (C=O) groups is 1. The minimum Gasteiger partial charge on any atom is -0.462 e. The fraction of sp³-hybridized carbons (Fsp3) is 0.400. The smallest absolute Gasteiger partial charge is 0.302 e. The number of hydrogen-bond acceptors (Lipinski definition) is 4. The van der Waals surface area contributed by atoms with Crippen LogP contribution in [0.5, 0.6) is 11.5 Å². The number of benzene rings is 1. The molecule has 0 N–H and O–H groups in total. The summed E-state index contributed by atoms with van der Waals surface area (Å²) in [6.45, 7) is 1.72. The summed E-state index contributed by atoms with van der Waals surface area (Å²) in [6, 6.07) is 5.88. The first kappa shape index (κ1) is 12.1. The van der Waals surface area contributed by atoms with E-state index < -0.39 is 0 Å². The van der Waals surface area contributed by atoms with E-state index >= 15 is 0 Å². The van der Waals surface area contributed by atoms with E-state index in [-0.39, 0.29) is 24.8 Å². The van der Waals surface area contributed by atoms with Crippen LogP contribution in [0.15, 0.2) is 30.4 Å². The van der Waals surface area contributed by atoms with E-state index in [1.807, 2.05) is 18.2 Å². The molecule has 1 aliphatic carbocycles. The molecule has 1 aromatic carbocycles. The van der Waals surface area contributed by atoms with Gasteiger partial charge >= 0.3 is 5.97 Å². The Bertz CT molecular complexity index is 521. The molecule has 0 saturated heterocycles. The molecule has 2 atom stereocenters. The van der Waals surface area contributed by atoms with E-state index in [4.69, 9.17) is 14.2 Å². The van der Waals surface area contributed by atoms with Crippen LogP contribution in [0.4, 0.5) is 0 Å². The lowest BCUT2D eigenvalue weighted by atomic mass is 9.86. The lowest BCUT2D eigenvalue weighted by Crippen LogP contribution is -2.25. The topological polar surface area (TPSA) is 44.8 Å². The van der Waals surface area contributed by atoms with Gasteiger partial charge in [-0.05, 0) is 30.5 Å². The number of ether oxygens (including phenoxy) is 3. The van der Waals surface area contributed by atoms with Crippen molar-refractivity contribution in [3.05, 3.63) is 35.9 Å². The second kappa shape index (κ2) is 4.96. The van der Waals surface area contributed by atoms with Crippen molar-refractivity contribution in [2.75, 3.05) is 6.79 Å². The quantitative estimate of drug-likeness (QED) is 0.606. The standard InChI is InChI=1S/C15H16O4/c1-10(16)19-13-5-3-2-4-12(13)11-6-7-14-15(8-11)18-9-17-14/h2,4,6-8,12-13H,3,5,9H2,1H3/t12-,13+/m1/s1. The number of rotatable bonds is 2. The van der Waals surface area contributed by atoms with Crippen molar-refractivity contribution in [2.24, 2.45) is 0 Å². The molecule has 4 heteroatoms. The highest BCUT2D eigenvalue weighted by Crippen LogP contribution is 2.38. The largest absolute Gasteiger partial charge is 0.462 e. The van der Waals surface area contributed by atoms with Gasteiger partial charge in [0.2, 0.25) is 6.79 Å². The van der Waals surface area contributed by atoms with Crippen LogP contribution >= 0.6 is 0 Å². The van der Waals surface area contributed by atoms with Crippen LogP contribution in [0.25, 0.3) is 0 Å². The SMILES string of the molecule is CC(=O)O[C@H]1CCC=C[C@@H]1c1ccc2c(c1)OCO2. The summed E-state index contributed by atoms with van der Waals surface area (Å²) in [5.74, 6) is 1.39. The molecule has 0 radical (unpaired) electrons. The fourth-order valence-corrected chi connectivity index (χ4v) is 2.60. The Balaban J connectivity index is 1.88. The molecule has 0 aromatic heterocycles. The first-order valence-electron chi connectivity index (χ1n) is 6.47. The van der Waals surface area contributed by atoms with Crippen LogP contribution in [0.1, 0.15) is 31.2 Å². The lowest BCUT2D eigenvalue weighted by molar-refractivity contribution is -0.147. The average Bonchev–Trinajstić information content (AvgIpc) is 2.86. The van der Waals surface area contributed by atoms with Gasteiger partial charge in [0.1, 0.15) is 6.10 Å². The maximum Gasteiger partial charge on any atom is 0.302 e. The van der Waals surface area contributed by atoms with Gasteiger partial charge in [-0.15, -0.1) is 0 Å². The molecule has 0 unspecified atom stereocenters. The molecule has 4 nitrogen and oxygen atoms in total. The van der Waals surface area contributed by atoms with Crippen LogP contribution in [0.3, 0.4) is 0 Å². The number of fused-ring (bicyclic) bond motifs is 1. The molecule has 0 amide bonds. The zero-order valence-electron chi connectivity index (χ0n) is 10.8. The van der Waals surface area contributed by atoms with Gasteiger partial charge in [-0.2, -0.15) is 0 Å². The minimum atomic E-state index is -0.231. The zero-order chi connectivity index (χ0) is 13.2. The molecule has 100 valence electrons. The Hall–Kier alpha value is -1.97. The van der Waals surface area contributed by atoms with Gasteiger partial charge in [-0.3, -0.25) is 4.79 Å². The first-order chi connectivity index (χ1) is 9.24. The third kappa shape index (κ3) is 2.43. The van der Waals surface area contributed by atoms with Crippen LogP contribution < -0.4 is 9.47 Å². The van der Waals surface area contributed by atoms with Crippen LogP contribution in [-0.4, -0.2) is 18.9 Å². The second-order valence-electron chi connectivity index (χ2n) is 4.79. The Kier molecular flexibility index (Phi) is 3.15. The second-order valence-corrected chi connectivity index (χ2v) is 4.79. The molecule has 3 rings (SSSR count). The van der Waals surface area contributed by atoms with Gasteiger partial charge in [0.05, 0.1) is 0 Å². The molecular formula is C15H16O4. The Labute approximate surface area is 112 Å². The third-order valence-corrected chi connectivity index (χ3v) is 3.46. The van der Waals surface area contributed by atoms with E-state index in [0.717, 1.165) is 29.9 Å². The average molecular weight is 260 g/mol. The molecule has 1 heterocycles. The molecule has 0 saturated carbocycles. The normalized spacial score (nSPS) is 24.3. The lowest BCUT2D eigenvalue weighted by Gasteiger charge is -2.27. The molecule has 0 fully saturated rings. The number of esters is 1. The summed E-state index contributed by atoms with van der Waals surface area (Å²) in [5.41, 5.74) is 1.09. The van der Waals surface area contributed by atoms with Crippen LogP contribution in [-0.2, 0) is 9.53 Å². The maximum atomic E-state index is 11.2. The fourth-order valence-electron chi connectivity index (χ4n) is 2.60. The predicted molar refractivity (Wildman–Crippen MR) is 69.2 cm³/mol. The van der Waals surface area contributed by atoms with E-state index in [9.17, 15) is 4.79 Å². The zero-order valence-corrected chi connectivity index (χ0v) is 10.8. The highest BCUT2D eigenvalue weighted by Gasteiger charge is 2.27. The van der Waals surface area contributed by atoms with Crippen molar-refractivity contribution >= 4 is 5.97 Å². The summed E-state index contributed by atoms with van der Waals surface area (Å²) < 4.78 is 16.1. The van der Waals surface area contributed by atoms with Gasteiger partial charge in [-0.1, -0.05) is 18.2 Å². The minimum absolute atomic E-state index is 0.0900. The molecular weight excluding hydrogens is 244 g/mol. The number of carbonyl (C=O) groups excluding carboxylic acids is 1. The van der Waals surface area contributed by atoms with E-state index in [2.05, 4.69) is 12.2 Å². The highest BCUT2D eigenvalue weighted by molar-refractivity contribution is 5.66. The van der Waals surface area contributed by atoms with Crippen LogP contribution in [0.2, 0.25) is 0 Å². The molecule has 1 aromatic rings. The predicted octanol–water partition coefficient (Wildman–Crippen LogP) is 2.78. The Morgan fingerprint density at radius 3 is 3.00 bits per heavy atom. The molecule has 0 bridgehead atoms. The Morgan fingerprint density at radius 2 is 2.16 bits per heavy atom. The Morgan fingerprint density at radius 1 is 1.32 bits per heavy atom. The summed E-state index contributed by atoms with van der Waals surface area (Å²) in [4.78, 5) is 11.2. The van der Waals surface area contributed by atoms with Crippen molar-refractivity contribution in [2.45, 2.75) is 31.8 Å². The van der Waals surface area contributed by atoms with E-state index in [1.165, 1.54) is 6.92 Å². The van der Waals surface area contributed by atoms with Gasteiger partial charge in [-0.25, -0.2) is 0 Å². The molecule has 19 heavy (non-hydrogen) atoms. The third-order valence-electron chi connectivity index (χ3n) is 3.46. The molecule has 0 spiro atoms. The van der Waals surface area contributed by atoms with Crippen LogP contribution in [0, 0.1) is 0 Å². The van der Waals surface area contributed by atoms with Crippen molar-refractivity contribution in [1.29, 1.82) is 0 Å². The van der Waals surface area contributed by atoms with E-state index in [1.54, 1.807) is 0 Å². The summed E-state index contributed by atoms with van der Waals surface area (Å²) in [5, 5.41) is 0.